The molecule has 0 N–H and O–H groups in total. The highest BCUT2D eigenvalue weighted by molar-refractivity contribution is 7.15. The van der Waals surface area contributed by atoms with E-state index in [0.29, 0.717) is 18.3 Å². The monoisotopic (exact) mass is 411 g/mol. The van der Waals surface area contributed by atoms with E-state index in [-0.39, 0.29) is 0 Å². The summed E-state index contributed by atoms with van der Waals surface area (Å²) in [5.41, 5.74) is 4.04. The van der Waals surface area contributed by atoms with E-state index in [0.717, 1.165) is 35.9 Å². The number of benzene rings is 1. The van der Waals surface area contributed by atoms with Gasteiger partial charge in [0.05, 0.1) is 25.6 Å². The van der Waals surface area contributed by atoms with E-state index in [2.05, 4.69) is 33.3 Å². The Labute approximate surface area is 174 Å². The quantitative estimate of drug-likeness (QED) is 0.625. The van der Waals surface area contributed by atoms with Crippen molar-refractivity contribution in [2.45, 2.75) is 45.2 Å². The molecule has 3 aromatic rings. The van der Waals surface area contributed by atoms with Crippen molar-refractivity contribution < 1.29 is 13.9 Å². The molecule has 0 fully saturated rings. The standard InChI is InChI=1S/C22H25N3O3S/c1-26-17-9-14-7-8-25(12-16(14)10-18(17)27-2)13-21-23-24-22(28-21)20-11-15-5-3-4-6-19(15)29-20/h9-11H,3-8,12-13H2,1-2H3. The van der Waals surface area contributed by atoms with Gasteiger partial charge in [-0.1, -0.05) is 0 Å². The maximum absolute atomic E-state index is 6.02. The van der Waals surface area contributed by atoms with Crippen LogP contribution in [0, 0.1) is 0 Å². The Morgan fingerprint density at radius 1 is 0.966 bits per heavy atom. The summed E-state index contributed by atoms with van der Waals surface area (Å²) in [7, 11) is 3.35. The van der Waals surface area contributed by atoms with Crippen molar-refractivity contribution in [3.8, 4) is 22.3 Å². The third-order valence-corrected chi connectivity index (χ3v) is 7.06. The SMILES string of the molecule is COc1cc2c(cc1OC)CN(Cc1nnc(-c3cc4c(s3)CCCC4)o1)CC2. The molecule has 5 rings (SSSR count). The number of hydrogen-bond acceptors (Lipinski definition) is 7. The van der Waals surface area contributed by atoms with E-state index >= 15 is 0 Å². The Kier molecular flexibility index (Phi) is 5.01. The first-order valence-corrected chi connectivity index (χ1v) is 11.0. The highest BCUT2D eigenvalue weighted by Crippen LogP contribution is 2.36. The van der Waals surface area contributed by atoms with Crippen LogP contribution in [0.1, 0.15) is 40.3 Å². The minimum Gasteiger partial charge on any atom is -0.493 e. The molecule has 2 aromatic heterocycles. The van der Waals surface area contributed by atoms with Crippen LogP contribution >= 0.6 is 11.3 Å². The van der Waals surface area contributed by atoms with Crippen molar-refractivity contribution in [3.63, 3.8) is 0 Å². The first-order valence-electron chi connectivity index (χ1n) is 10.1. The number of ether oxygens (including phenoxy) is 2. The fourth-order valence-electron chi connectivity index (χ4n) is 4.28. The fourth-order valence-corrected chi connectivity index (χ4v) is 5.46. The number of hydrogen-bond donors (Lipinski definition) is 0. The van der Waals surface area contributed by atoms with Crippen LogP contribution in [0.2, 0.25) is 0 Å². The summed E-state index contributed by atoms with van der Waals surface area (Å²) >= 11 is 1.81. The third-order valence-electron chi connectivity index (χ3n) is 5.83. The van der Waals surface area contributed by atoms with Crippen molar-refractivity contribution in [2.75, 3.05) is 20.8 Å². The van der Waals surface area contributed by atoms with Crippen molar-refractivity contribution >= 4 is 11.3 Å². The zero-order valence-electron chi connectivity index (χ0n) is 16.9. The minimum absolute atomic E-state index is 0.656. The van der Waals surface area contributed by atoms with Crippen LogP contribution in [-0.4, -0.2) is 35.9 Å². The van der Waals surface area contributed by atoms with Gasteiger partial charge in [0.25, 0.3) is 5.89 Å². The maximum atomic E-state index is 6.02. The second-order valence-corrected chi connectivity index (χ2v) is 8.84. The molecule has 0 spiro atoms. The van der Waals surface area contributed by atoms with Crippen molar-refractivity contribution in [1.29, 1.82) is 0 Å². The van der Waals surface area contributed by atoms with Crippen molar-refractivity contribution in [2.24, 2.45) is 0 Å². The van der Waals surface area contributed by atoms with Crippen LogP contribution in [0.25, 0.3) is 10.8 Å². The van der Waals surface area contributed by atoms with E-state index in [9.17, 15) is 0 Å². The van der Waals surface area contributed by atoms with Crippen molar-refractivity contribution in [3.05, 3.63) is 45.7 Å². The first-order chi connectivity index (χ1) is 14.2. The molecule has 0 saturated carbocycles. The Hall–Kier alpha value is -2.38. The molecule has 1 aliphatic heterocycles. The smallest absolute Gasteiger partial charge is 0.257 e. The lowest BCUT2D eigenvalue weighted by molar-refractivity contribution is 0.221. The maximum Gasteiger partial charge on any atom is 0.257 e. The predicted octanol–water partition coefficient (Wildman–Crippen LogP) is 4.25. The number of fused-ring (bicyclic) bond motifs is 2. The highest BCUT2D eigenvalue weighted by atomic mass is 32.1. The van der Waals surface area contributed by atoms with E-state index in [1.165, 1.54) is 47.3 Å². The Morgan fingerprint density at radius 3 is 2.55 bits per heavy atom. The minimum atomic E-state index is 0.656. The molecule has 3 heterocycles. The lowest BCUT2D eigenvalue weighted by Gasteiger charge is -2.28. The molecule has 7 heteroatoms. The molecule has 152 valence electrons. The first kappa shape index (κ1) is 18.6. The average Bonchev–Trinajstić information content (AvgIpc) is 3.39. The van der Waals surface area contributed by atoms with Crippen LogP contribution < -0.4 is 9.47 Å². The number of rotatable bonds is 5. The van der Waals surface area contributed by atoms with Gasteiger partial charge < -0.3 is 13.9 Å². The molecular weight excluding hydrogens is 386 g/mol. The molecule has 0 radical (unpaired) electrons. The normalized spacial score (nSPS) is 16.3. The zero-order valence-corrected chi connectivity index (χ0v) is 17.7. The van der Waals surface area contributed by atoms with Gasteiger partial charge in [-0.3, -0.25) is 4.90 Å². The van der Waals surface area contributed by atoms with E-state index in [1.54, 1.807) is 14.2 Å². The second kappa shape index (κ2) is 7.80. The summed E-state index contributed by atoms with van der Waals surface area (Å²) in [4.78, 5) is 4.94. The van der Waals surface area contributed by atoms with Gasteiger partial charge in [-0.25, -0.2) is 0 Å². The molecule has 0 unspecified atom stereocenters. The molecule has 0 saturated heterocycles. The lowest BCUT2D eigenvalue weighted by Crippen LogP contribution is -2.30. The van der Waals surface area contributed by atoms with Gasteiger partial charge in [0.2, 0.25) is 5.89 Å². The summed E-state index contributed by atoms with van der Waals surface area (Å²) in [6.45, 7) is 2.44. The number of aromatic nitrogens is 2. The van der Waals surface area contributed by atoms with Crippen LogP contribution in [-0.2, 0) is 32.4 Å². The zero-order chi connectivity index (χ0) is 19.8. The van der Waals surface area contributed by atoms with Crippen molar-refractivity contribution in [1.82, 2.24) is 15.1 Å². The summed E-state index contributed by atoms with van der Waals surface area (Å²) in [6, 6.07) is 6.41. The number of nitrogens with zero attached hydrogens (tertiary/aromatic N) is 3. The van der Waals surface area contributed by atoms with Gasteiger partial charge in [0.15, 0.2) is 11.5 Å². The highest BCUT2D eigenvalue weighted by Gasteiger charge is 2.22. The Morgan fingerprint density at radius 2 is 1.76 bits per heavy atom. The van der Waals surface area contributed by atoms with Crippen LogP contribution in [0.4, 0.5) is 0 Å². The second-order valence-electron chi connectivity index (χ2n) is 7.70. The van der Waals surface area contributed by atoms with Gasteiger partial charge in [-0.15, -0.1) is 21.5 Å². The molecule has 0 amide bonds. The summed E-state index contributed by atoms with van der Waals surface area (Å²) in [5.74, 6) is 2.90. The van der Waals surface area contributed by atoms with Crippen LogP contribution in [0.5, 0.6) is 11.5 Å². The number of methoxy groups -OCH3 is 2. The predicted molar refractivity (Wildman–Crippen MR) is 112 cm³/mol. The lowest BCUT2D eigenvalue weighted by atomic mass is 9.99. The third kappa shape index (κ3) is 3.65. The molecule has 2 aliphatic rings. The van der Waals surface area contributed by atoms with E-state index in [1.807, 2.05) is 11.3 Å². The van der Waals surface area contributed by atoms with Gasteiger partial charge in [0.1, 0.15) is 0 Å². The summed E-state index contributed by atoms with van der Waals surface area (Å²) in [6.07, 6.45) is 5.89. The van der Waals surface area contributed by atoms with Crippen LogP contribution in [0.15, 0.2) is 22.6 Å². The van der Waals surface area contributed by atoms with Gasteiger partial charge in [-0.05, 0) is 67.0 Å². The molecular formula is C22H25N3O3S. The Balaban J connectivity index is 1.30. The molecule has 0 atom stereocenters. The molecule has 1 aliphatic carbocycles. The van der Waals surface area contributed by atoms with E-state index in [4.69, 9.17) is 13.9 Å². The largest absolute Gasteiger partial charge is 0.493 e. The fraction of sp³-hybridized carbons (Fsp3) is 0.455. The number of aryl methyl sites for hydroxylation is 2. The average molecular weight is 412 g/mol. The molecule has 29 heavy (non-hydrogen) atoms. The van der Waals surface area contributed by atoms with Gasteiger partial charge >= 0.3 is 0 Å². The molecule has 6 nitrogen and oxygen atoms in total. The van der Waals surface area contributed by atoms with E-state index < -0.39 is 0 Å². The molecule has 1 aromatic carbocycles. The van der Waals surface area contributed by atoms with Gasteiger partial charge in [-0.2, -0.15) is 0 Å². The number of thiophene rings is 1. The van der Waals surface area contributed by atoms with Gasteiger partial charge in [0, 0.05) is 18.0 Å². The Bertz CT molecular complexity index is 1000. The van der Waals surface area contributed by atoms with Crippen LogP contribution in [0.3, 0.4) is 0 Å². The molecule has 0 bridgehead atoms. The summed E-state index contributed by atoms with van der Waals surface area (Å²) in [5, 5.41) is 8.63. The topological polar surface area (TPSA) is 60.6 Å². The summed E-state index contributed by atoms with van der Waals surface area (Å²) < 4.78 is 16.9.